The smallest absolute Gasteiger partial charge is 0.267 e. The molecule has 0 fully saturated rings. The summed E-state index contributed by atoms with van der Waals surface area (Å²) in [5.41, 5.74) is 7.52. The Morgan fingerprint density at radius 1 is 1.25 bits per heavy atom. The van der Waals surface area contributed by atoms with E-state index in [2.05, 4.69) is 34.6 Å². The average Bonchev–Trinajstić information content (AvgIpc) is 2.42. The van der Waals surface area contributed by atoms with Gasteiger partial charge in [-0.2, -0.15) is 5.10 Å². The van der Waals surface area contributed by atoms with Crippen LogP contribution in [-0.4, -0.2) is 17.1 Å². The molecule has 1 N–H and O–H groups in total. The number of aryl methyl sites for hydroxylation is 3. The molecule has 1 aromatic heterocycles. The maximum atomic E-state index is 11.8. The number of hydrazone groups is 1. The first-order valence-corrected chi connectivity index (χ1v) is 6.39. The maximum absolute atomic E-state index is 11.8. The number of hydrogen-bond acceptors (Lipinski definition) is 3. The zero-order valence-corrected chi connectivity index (χ0v) is 11.8. The minimum absolute atomic E-state index is 0.267. The molecule has 102 valence electrons. The summed E-state index contributed by atoms with van der Waals surface area (Å²) in [6.45, 7) is 6.12. The van der Waals surface area contributed by atoms with Crippen molar-refractivity contribution < 1.29 is 4.79 Å². The van der Waals surface area contributed by atoms with Gasteiger partial charge in [0.15, 0.2) is 0 Å². The lowest BCUT2D eigenvalue weighted by atomic mass is 10.0. The van der Waals surface area contributed by atoms with Gasteiger partial charge in [0, 0.05) is 18.0 Å². The van der Waals surface area contributed by atoms with Crippen LogP contribution in [0.15, 0.2) is 41.8 Å². The largest absolute Gasteiger partial charge is 0.272 e. The normalized spacial score (nSPS) is 10.8. The van der Waals surface area contributed by atoms with E-state index in [0.717, 1.165) is 16.7 Å². The SMILES string of the molecule is Cc1cc(C)c(C=NNC(=O)c2cccnc2)c(C)c1. The van der Waals surface area contributed by atoms with Crippen LogP contribution in [0.1, 0.15) is 32.6 Å². The van der Waals surface area contributed by atoms with Crippen molar-refractivity contribution in [3.63, 3.8) is 0 Å². The highest BCUT2D eigenvalue weighted by atomic mass is 16.2. The fourth-order valence-corrected chi connectivity index (χ4v) is 2.11. The van der Waals surface area contributed by atoms with Gasteiger partial charge in [-0.05, 0) is 44.0 Å². The Morgan fingerprint density at radius 3 is 2.55 bits per heavy atom. The minimum Gasteiger partial charge on any atom is -0.267 e. The number of nitrogens with zero attached hydrogens (tertiary/aromatic N) is 2. The number of aromatic nitrogens is 1. The molecule has 0 saturated heterocycles. The molecule has 1 aromatic carbocycles. The molecule has 0 bridgehead atoms. The Morgan fingerprint density at radius 2 is 1.95 bits per heavy atom. The van der Waals surface area contributed by atoms with Crippen molar-refractivity contribution in [2.45, 2.75) is 20.8 Å². The summed E-state index contributed by atoms with van der Waals surface area (Å²) >= 11 is 0. The molecule has 4 heteroatoms. The second kappa shape index (κ2) is 6.10. The molecule has 1 amide bonds. The monoisotopic (exact) mass is 267 g/mol. The molecule has 20 heavy (non-hydrogen) atoms. The minimum atomic E-state index is -0.267. The van der Waals surface area contributed by atoms with Crippen molar-refractivity contribution in [1.29, 1.82) is 0 Å². The van der Waals surface area contributed by atoms with Crippen molar-refractivity contribution in [1.82, 2.24) is 10.4 Å². The zero-order valence-electron chi connectivity index (χ0n) is 11.8. The molecule has 0 aliphatic carbocycles. The summed E-state index contributed by atoms with van der Waals surface area (Å²) in [6, 6.07) is 7.60. The summed E-state index contributed by atoms with van der Waals surface area (Å²) in [7, 11) is 0. The van der Waals surface area contributed by atoms with Gasteiger partial charge in [-0.25, -0.2) is 5.43 Å². The van der Waals surface area contributed by atoms with Crippen LogP contribution >= 0.6 is 0 Å². The lowest BCUT2D eigenvalue weighted by molar-refractivity contribution is 0.0955. The number of nitrogens with one attached hydrogen (secondary N) is 1. The highest BCUT2D eigenvalue weighted by Crippen LogP contribution is 2.14. The average molecular weight is 267 g/mol. The molecular weight excluding hydrogens is 250 g/mol. The van der Waals surface area contributed by atoms with E-state index in [1.54, 1.807) is 24.5 Å². The number of rotatable bonds is 3. The highest BCUT2D eigenvalue weighted by Gasteiger charge is 2.04. The van der Waals surface area contributed by atoms with Gasteiger partial charge < -0.3 is 0 Å². The number of carbonyl (C=O) groups is 1. The first kappa shape index (κ1) is 13.9. The summed E-state index contributed by atoms with van der Waals surface area (Å²) in [6.07, 6.45) is 4.81. The van der Waals surface area contributed by atoms with Crippen LogP contribution in [-0.2, 0) is 0 Å². The first-order chi connectivity index (χ1) is 9.58. The van der Waals surface area contributed by atoms with Crippen LogP contribution in [0, 0.1) is 20.8 Å². The molecule has 0 spiro atoms. The topological polar surface area (TPSA) is 54.4 Å². The summed E-state index contributed by atoms with van der Waals surface area (Å²) in [5, 5.41) is 4.02. The molecule has 2 aromatic rings. The fraction of sp³-hybridized carbons (Fsp3) is 0.188. The lowest BCUT2D eigenvalue weighted by Gasteiger charge is -2.06. The molecule has 0 saturated carbocycles. The summed E-state index contributed by atoms with van der Waals surface area (Å²) in [5.74, 6) is -0.267. The van der Waals surface area contributed by atoms with Crippen LogP contribution in [0.4, 0.5) is 0 Å². The number of pyridine rings is 1. The number of benzene rings is 1. The van der Waals surface area contributed by atoms with Crippen LogP contribution in [0.25, 0.3) is 0 Å². The van der Waals surface area contributed by atoms with E-state index in [9.17, 15) is 4.79 Å². The second-order valence-corrected chi connectivity index (χ2v) is 4.75. The van der Waals surface area contributed by atoms with Crippen molar-refractivity contribution in [3.05, 3.63) is 64.5 Å². The van der Waals surface area contributed by atoms with Gasteiger partial charge in [-0.15, -0.1) is 0 Å². The van der Waals surface area contributed by atoms with Crippen LogP contribution in [0.3, 0.4) is 0 Å². The van der Waals surface area contributed by atoms with E-state index < -0.39 is 0 Å². The van der Waals surface area contributed by atoms with Crippen LogP contribution in [0.2, 0.25) is 0 Å². The molecule has 0 aliphatic heterocycles. The number of carbonyl (C=O) groups excluding carboxylic acids is 1. The molecule has 0 aliphatic rings. The Hall–Kier alpha value is -2.49. The predicted molar refractivity (Wildman–Crippen MR) is 80.0 cm³/mol. The first-order valence-electron chi connectivity index (χ1n) is 6.39. The van der Waals surface area contributed by atoms with E-state index in [1.807, 2.05) is 13.8 Å². The molecule has 1 heterocycles. The van der Waals surface area contributed by atoms with Crippen molar-refractivity contribution >= 4 is 12.1 Å². The molecule has 0 atom stereocenters. The highest BCUT2D eigenvalue weighted by molar-refractivity contribution is 5.94. The summed E-state index contributed by atoms with van der Waals surface area (Å²) in [4.78, 5) is 15.7. The lowest BCUT2D eigenvalue weighted by Crippen LogP contribution is -2.17. The van der Waals surface area contributed by atoms with Gasteiger partial charge >= 0.3 is 0 Å². The van der Waals surface area contributed by atoms with E-state index in [0.29, 0.717) is 5.56 Å². The van der Waals surface area contributed by atoms with E-state index in [-0.39, 0.29) is 5.91 Å². The standard InChI is InChI=1S/C16H17N3O/c1-11-7-12(2)15(13(3)8-11)10-18-19-16(20)14-5-4-6-17-9-14/h4-10H,1-3H3,(H,19,20). The molecule has 0 radical (unpaired) electrons. The quantitative estimate of drug-likeness (QED) is 0.686. The maximum Gasteiger partial charge on any atom is 0.272 e. The zero-order chi connectivity index (χ0) is 14.5. The van der Waals surface area contributed by atoms with E-state index in [1.165, 1.54) is 11.8 Å². The third kappa shape index (κ3) is 3.29. The molecule has 0 unspecified atom stereocenters. The van der Waals surface area contributed by atoms with Crippen molar-refractivity contribution in [2.24, 2.45) is 5.10 Å². The van der Waals surface area contributed by atoms with Crippen molar-refractivity contribution in [2.75, 3.05) is 0 Å². The molecule has 2 rings (SSSR count). The molecular formula is C16H17N3O. The summed E-state index contributed by atoms with van der Waals surface area (Å²) < 4.78 is 0. The van der Waals surface area contributed by atoms with Gasteiger partial charge in [0.05, 0.1) is 11.8 Å². The Bertz CT molecular complexity index is 625. The third-order valence-electron chi connectivity index (χ3n) is 3.02. The van der Waals surface area contributed by atoms with E-state index in [4.69, 9.17) is 0 Å². The Kier molecular flexibility index (Phi) is 4.25. The van der Waals surface area contributed by atoms with Gasteiger partial charge in [-0.3, -0.25) is 9.78 Å². The van der Waals surface area contributed by atoms with Gasteiger partial charge in [0.25, 0.3) is 5.91 Å². The number of hydrogen-bond donors (Lipinski definition) is 1. The predicted octanol–water partition coefficient (Wildman–Crippen LogP) is 2.77. The Balaban J connectivity index is 2.10. The fourth-order valence-electron chi connectivity index (χ4n) is 2.11. The van der Waals surface area contributed by atoms with Gasteiger partial charge in [0.2, 0.25) is 0 Å². The van der Waals surface area contributed by atoms with Gasteiger partial charge in [0.1, 0.15) is 0 Å². The van der Waals surface area contributed by atoms with Crippen LogP contribution in [0.5, 0.6) is 0 Å². The van der Waals surface area contributed by atoms with Crippen LogP contribution < -0.4 is 5.43 Å². The third-order valence-corrected chi connectivity index (χ3v) is 3.02. The van der Waals surface area contributed by atoms with E-state index >= 15 is 0 Å². The Labute approximate surface area is 118 Å². The second-order valence-electron chi connectivity index (χ2n) is 4.75. The molecule has 4 nitrogen and oxygen atoms in total. The number of amides is 1. The van der Waals surface area contributed by atoms with Gasteiger partial charge in [-0.1, -0.05) is 17.7 Å². The van der Waals surface area contributed by atoms with Crippen molar-refractivity contribution in [3.8, 4) is 0 Å².